The van der Waals surface area contributed by atoms with Gasteiger partial charge in [0.1, 0.15) is 11.6 Å². The summed E-state index contributed by atoms with van der Waals surface area (Å²) in [6, 6.07) is 76.0. The van der Waals surface area contributed by atoms with Gasteiger partial charge in [-0.15, -0.1) is 0 Å². The van der Waals surface area contributed by atoms with Crippen molar-refractivity contribution in [2.24, 2.45) is 0 Å². The number of hydrogen-bond donors (Lipinski definition) is 0. The molecule has 0 unspecified atom stereocenters. The van der Waals surface area contributed by atoms with Crippen LogP contribution in [0.4, 0.5) is 0 Å². The van der Waals surface area contributed by atoms with Crippen molar-refractivity contribution in [1.29, 1.82) is 0 Å². The summed E-state index contributed by atoms with van der Waals surface area (Å²) in [5.74, 6) is 1.55. The van der Waals surface area contributed by atoms with E-state index < -0.39 is 0 Å². The lowest BCUT2D eigenvalue weighted by atomic mass is 9.88. The molecule has 12 rings (SSSR count). The Morgan fingerprint density at radius 2 is 0.714 bits per heavy atom. The van der Waals surface area contributed by atoms with Crippen molar-refractivity contribution in [3.8, 4) is 112 Å². The fourth-order valence-electron chi connectivity index (χ4n) is 9.22. The summed E-state index contributed by atoms with van der Waals surface area (Å²) < 4.78 is 4.23. The summed E-state index contributed by atoms with van der Waals surface area (Å²) in [6.45, 7) is 0. The van der Waals surface area contributed by atoms with Crippen LogP contribution in [0.3, 0.4) is 0 Å². The summed E-state index contributed by atoms with van der Waals surface area (Å²) in [4.78, 5) is 24.8. The highest BCUT2D eigenvalue weighted by Gasteiger charge is 2.20. The Bertz CT molecular complexity index is 3580. The summed E-state index contributed by atoms with van der Waals surface area (Å²) in [5, 5.41) is 0. The van der Waals surface area contributed by atoms with Gasteiger partial charge in [0.15, 0.2) is 0 Å². The second-order valence-corrected chi connectivity index (χ2v) is 17.0. The Morgan fingerprint density at radius 3 is 1.31 bits per heavy atom. The van der Waals surface area contributed by atoms with Crippen LogP contribution >= 0.6 is 0 Å². The smallest absolute Gasteiger partial charge is 0.146 e. The average Bonchev–Trinajstić information content (AvgIpc) is 4.16. The molecule has 0 spiro atoms. The second kappa shape index (κ2) is 18.6. The van der Waals surface area contributed by atoms with E-state index in [1.54, 1.807) is 0 Å². The Balaban J connectivity index is 1.01. The van der Waals surface area contributed by atoms with Gasteiger partial charge in [0, 0.05) is 76.2 Å². The van der Waals surface area contributed by atoms with Gasteiger partial charge in [-0.1, -0.05) is 170 Å². The quantitative estimate of drug-likeness (QED) is 0.129. The number of pyridine rings is 3. The third kappa shape index (κ3) is 8.29. The van der Waals surface area contributed by atoms with Crippen molar-refractivity contribution >= 4 is 0 Å². The Morgan fingerprint density at radius 1 is 0.243 bits per heavy atom. The summed E-state index contributed by atoms with van der Waals surface area (Å²) in [7, 11) is 0. The van der Waals surface area contributed by atoms with E-state index in [1.807, 2.05) is 85.8 Å². The van der Waals surface area contributed by atoms with Crippen molar-refractivity contribution in [2.45, 2.75) is 0 Å². The molecule has 0 aliphatic heterocycles. The Hall–Kier alpha value is -9.59. The van der Waals surface area contributed by atoms with Gasteiger partial charge in [0.2, 0.25) is 0 Å². The van der Waals surface area contributed by atoms with Gasteiger partial charge in [-0.05, 0) is 87.5 Å². The maximum Gasteiger partial charge on any atom is 0.146 e. The van der Waals surface area contributed by atoms with E-state index >= 15 is 0 Å². The number of rotatable bonds is 11. The van der Waals surface area contributed by atoms with Crippen molar-refractivity contribution in [3.05, 3.63) is 262 Å². The second-order valence-electron chi connectivity index (χ2n) is 17.0. The standard InChI is InChI=1S/C63H43N7/c1-5-15-44(16-6-1)45-25-27-46(28-26-45)57-40-61(49-21-11-4-12-22-49)68-43-58(57)56-24-14-13-23-55(56)51-37-52(63-65-33-35-69(63)53-30-32-60(67-42-53)48-19-9-3-10-20-48)39-54(38-51)70-36-34-64-62(70)50-29-31-59(66-41-50)47-17-7-2-8-18-47/h1-43H. The van der Waals surface area contributed by atoms with E-state index in [9.17, 15) is 0 Å². The van der Waals surface area contributed by atoms with Crippen LogP contribution in [0, 0.1) is 0 Å². The third-order valence-corrected chi connectivity index (χ3v) is 12.7. The monoisotopic (exact) mass is 897 g/mol. The van der Waals surface area contributed by atoms with Gasteiger partial charge in [-0.2, -0.15) is 0 Å². The molecule has 0 radical (unpaired) electrons. The number of imidazole rings is 2. The zero-order chi connectivity index (χ0) is 46.6. The predicted molar refractivity (Wildman–Crippen MR) is 283 cm³/mol. The topological polar surface area (TPSA) is 74.3 Å². The molecule has 0 aliphatic carbocycles. The van der Waals surface area contributed by atoms with Gasteiger partial charge in [0.05, 0.1) is 29.0 Å². The molecule has 70 heavy (non-hydrogen) atoms. The molecular weight excluding hydrogens is 855 g/mol. The lowest BCUT2D eigenvalue weighted by molar-refractivity contribution is 1.04. The Kier molecular flexibility index (Phi) is 11.1. The number of benzene rings is 7. The van der Waals surface area contributed by atoms with Crippen LogP contribution in [0.2, 0.25) is 0 Å². The number of hydrogen-bond acceptors (Lipinski definition) is 5. The van der Waals surface area contributed by atoms with Gasteiger partial charge < -0.3 is 0 Å². The molecule has 7 heteroatoms. The van der Waals surface area contributed by atoms with Gasteiger partial charge in [0.25, 0.3) is 0 Å². The van der Waals surface area contributed by atoms with Crippen molar-refractivity contribution in [2.75, 3.05) is 0 Å². The number of aromatic nitrogens is 7. The first kappa shape index (κ1) is 41.8. The zero-order valence-corrected chi connectivity index (χ0v) is 38.0. The molecule has 5 aromatic heterocycles. The van der Waals surface area contributed by atoms with E-state index in [-0.39, 0.29) is 0 Å². The van der Waals surface area contributed by atoms with Crippen LogP contribution < -0.4 is 0 Å². The van der Waals surface area contributed by atoms with E-state index in [0.29, 0.717) is 0 Å². The molecule has 0 atom stereocenters. The maximum atomic E-state index is 5.13. The van der Waals surface area contributed by atoms with Crippen LogP contribution in [0.5, 0.6) is 0 Å². The molecule has 0 saturated carbocycles. The number of nitrogens with zero attached hydrogens (tertiary/aromatic N) is 7. The minimum Gasteiger partial charge on any atom is -0.300 e. The van der Waals surface area contributed by atoms with Crippen LogP contribution in [0.25, 0.3) is 112 Å². The average molecular weight is 898 g/mol. The van der Waals surface area contributed by atoms with Crippen LogP contribution in [-0.2, 0) is 0 Å². The fourth-order valence-corrected chi connectivity index (χ4v) is 9.22. The van der Waals surface area contributed by atoms with E-state index in [2.05, 4.69) is 185 Å². The van der Waals surface area contributed by atoms with Gasteiger partial charge >= 0.3 is 0 Å². The minimum atomic E-state index is 0.773. The molecule has 0 saturated heterocycles. The minimum absolute atomic E-state index is 0.773. The highest BCUT2D eigenvalue weighted by molar-refractivity contribution is 5.94. The molecule has 0 fully saturated rings. The largest absolute Gasteiger partial charge is 0.300 e. The summed E-state index contributed by atoms with van der Waals surface area (Å²) >= 11 is 0. The molecule has 0 amide bonds. The van der Waals surface area contributed by atoms with Crippen molar-refractivity contribution in [3.63, 3.8) is 0 Å². The first-order valence-electron chi connectivity index (χ1n) is 23.3. The first-order valence-corrected chi connectivity index (χ1v) is 23.3. The van der Waals surface area contributed by atoms with Crippen LogP contribution in [-0.4, -0.2) is 34.1 Å². The predicted octanol–water partition coefficient (Wildman–Crippen LogP) is 15.2. The van der Waals surface area contributed by atoms with Gasteiger partial charge in [-0.3, -0.25) is 24.1 Å². The zero-order valence-electron chi connectivity index (χ0n) is 38.0. The molecule has 0 N–H and O–H groups in total. The highest BCUT2D eigenvalue weighted by atomic mass is 15.1. The summed E-state index contributed by atoms with van der Waals surface area (Å²) in [6.07, 6.45) is 13.5. The first-order chi connectivity index (χ1) is 34.7. The van der Waals surface area contributed by atoms with E-state index in [0.717, 1.165) is 107 Å². The highest BCUT2D eigenvalue weighted by Crippen LogP contribution is 2.42. The Labute approximate surface area is 406 Å². The lowest BCUT2D eigenvalue weighted by Crippen LogP contribution is -2.01. The molecule has 0 bridgehead atoms. The fraction of sp³-hybridized carbons (Fsp3) is 0. The van der Waals surface area contributed by atoms with Crippen LogP contribution in [0.1, 0.15) is 0 Å². The third-order valence-electron chi connectivity index (χ3n) is 12.7. The molecule has 7 nitrogen and oxygen atoms in total. The van der Waals surface area contributed by atoms with Crippen molar-refractivity contribution < 1.29 is 0 Å². The molecule has 12 aromatic rings. The maximum absolute atomic E-state index is 5.13. The van der Waals surface area contributed by atoms with Gasteiger partial charge in [-0.25, -0.2) is 9.97 Å². The van der Waals surface area contributed by atoms with Crippen molar-refractivity contribution in [1.82, 2.24) is 34.1 Å². The van der Waals surface area contributed by atoms with Crippen LogP contribution in [0.15, 0.2) is 262 Å². The molecular formula is C63H43N7. The lowest BCUT2D eigenvalue weighted by Gasteiger charge is -2.18. The SMILES string of the molecule is c1ccc(-c2ccc(-c3cc(-c4ccccc4)ncc3-c3ccccc3-c3cc(-c4nccn4-c4ccc(-c5ccccc5)nc4)cc(-n4ccnc4-c4ccc(-c5ccccc5)nc4)c3)cc2)cc1. The molecule has 5 heterocycles. The summed E-state index contributed by atoms with van der Waals surface area (Å²) in [5.41, 5.74) is 18.2. The molecule has 0 aliphatic rings. The molecule has 7 aromatic carbocycles. The normalized spacial score (nSPS) is 11.1. The molecule has 330 valence electrons. The van der Waals surface area contributed by atoms with E-state index in [1.165, 1.54) is 5.56 Å². The van der Waals surface area contributed by atoms with E-state index in [4.69, 9.17) is 24.9 Å².